The number of rotatable bonds is 1. The molecule has 0 nitrogen and oxygen atoms in total. The fraction of sp³-hybridized carbons (Fsp3) is 0.800. The Bertz CT molecular complexity index is 124. The van der Waals surface area contributed by atoms with E-state index in [2.05, 4.69) is 32.9 Å². The van der Waals surface area contributed by atoms with Crippen molar-refractivity contribution in [3.63, 3.8) is 0 Å². The average molecular weight is 138 g/mol. The zero-order valence-electron chi connectivity index (χ0n) is 7.30. The molecular weight excluding hydrogens is 120 g/mol. The first-order chi connectivity index (χ1) is 4.74. The van der Waals surface area contributed by atoms with E-state index in [1.807, 2.05) is 0 Å². The van der Waals surface area contributed by atoms with E-state index in [9.17, 15) is 0 Å². The van der Waals surface area contributed by atoms with Crippen LogP contribution < -0.4 is 0 Å². The Kier molecular flexibility index (Phi) is 2.53. The highest BCUT2D eigenvalue weighted by molar-refractivity contribution is 4.98. The minimum Gasteiger partial charge on any atom is -0.0854 e. The minimum absolute atomic E-state index is 0.817. The molecule has 0 spiro atoms. The fourth-order valence-corrected chi connectivity index (χ4v) is 1.90. The molecule has 0 fully saturated rings. The fourth-order valence-electron chi connectivity index (χ4n) is 1.90. The molecule has 0 N–H and O–H groups in total. The predicted molar refractivity (Wildman–Crippen MR) is 45.9 cm³/mol. The van der Waals surface area contributed by atoms with E-state index in [1.54, 1.807) is 0 Å². The van der Waals surface area contributed by atoms with E-state index in [4.69, 9.17) is 0 Å². The van der Waals surface area contributed by atoms with Gasteiger partial charge in [-0.2, -0.15) is 0 Å². The quantitative estimate of drug-likeness (QED) is 0.488. The van der Waals surface area contributed by atoms with E-state index >= 15 is 0 Å². The normalized spacial score (nSPS) is 40.1. The molecule has 0 aliphatic heterocycles. The Morgan fingerprint density at radius 1 is 1.30 bits per heavy atom. The van der Waals surface area contributed by atoms with Crippen LogP contribution in [0.2, 0.25) is 0 Å². The molecule has 3 atom stereocenters. The molecule has 0 saturated heterocycles. The first kappa shape index (κ1) is 7.84. The Hall–Kier alpha value is -0.260. The highest BCUT2D eigenvalue weighted by atomic mass is 14.2. The van der Waals surface area contributed by atoms with E-state index in [0.717, 1.165) is 17.8 Å². The van der Waals surface area contributed by atoms with Gasteiger partial charge in [-0.1, -0.05) is 32.9 Å². The number of allylic oxidation sites excluding steroid dienone is 2. The molecule has 1 aliphatic rings. The van der Waals surface area contributed by atoms with Gasteiger partial charge in [0, 0.05) is 0 Å². The summed E-state index contributed by atoms with van der Waals surface area (Å²) in [7, 11) is 0. The van der Waals surface area contributed by atoms with Gasteiger partial charge in [0.2, 0.25) is 0 Å². The van der Waals surface area contributed by atoms with Crippen LogP contribution in [0.5, 0.6) is 0 Å². The van der Waals surface area contributed by atoms with Gasteiger partial charge < -0.3 is 0 Å². The second kappa shape index (κ2) is 3.23. The highest BCUT2D eigenvalue weighted by Crippen LogP contribution is 2.29. The van der Waals surface area contributed by atoms with E-state index in [0.29, 0.717) is 0 Å². The summed E-state index contributed by atoms with van der Waals surface area (Å²) in [5, 5.41) is 0. The molecule has 58 valence electrons. The van der Waals surface area contributed by atoms with Crippen LogP contribution in [-0.2, 0) is 0 Å². The maximum Gasteiger partial charge on any atom is -0.0210 e. The summed E-state index contributed by atoms with van der Waals surface area (Å²) in [4.78, 5) is 0. The van der Waals surface area contributed by atoms with Crippen molar-refractivity contribution in [3.8, 4) is 0 Å². The maximum absolute atomic E-state index is 2.40. The summed E-state index contributed by atoms with van der Waals surface area (Å²) < 4.78 is 0. The number of hydrogen-bond acceptors (Lipinski definition) is 0. The SMILES string of the molecule is CCC1C=CC(C)CC1C. The Labute approximate surface area is 64.3 Å². The highest BCUT2D eigenvalue weighted by Gasteiger charge is 2.18. The molecule has 1 rings (SSSR count). The third-order valence-corrected chi connectivity index (χ3v) is 2.63. The maximum atomic E-state index is 2.40. The molecule has 0 heterocycles. The topological polar surface area (TPSA) is 0 Å². The van der Waals surface area contributed by atoms with Crippen molar-refractivity contribution in [3.05, 3.63) is 12.2 Å². The molecule has 0 aromatic carbocycles. The van der Waals surface area contributed by atoms with Crippen molar-refractivity contribution in [2.75, 3.05) is 0 Å². The molecule has 0 aromatic rings. The summed E-state index contributed by atoms with van der Waals surface area (Å²) in [6, 6.07) is 0. The minimum atomic E-state index is 0.817. The zero-order valence-corrected chi connectivity index (χ0v) is 7.30. The molecule has 3 unspecified atom stereocenters. The molecule has 0 aromatic heterocycles. The van der Waals surface area contributed by atoms with Gasteiger partial charge in [0.15, 0.2) is 0 Å². The van der Waals surface area contributed by atoms with E-state index < -0.39 is 0 Å². The van der Waals surface area contributed by atoms with Crippen molar-refractivity contribution in [1.29, 1.82) is 0 Å². The van der Waals surface area contributed by atoms with Crippen LogP contribution in [0, 0.1) is 17.8 Å². The van der Waals surface area contributed by atoms with Gasteiger partial charge in [-0.25, -0.2) is 0 Å². The standard InChI is InChI=1S/C10H18/c1-4-10-6-5-8(2)7-9(10)3/h5-6,8-10H,4,7H2,1-3H3. The molecule has 10 heavy (non-hydrogen) atoms. The van der Waals surface area contributed by atoms with Crippen molar-refractivity contribution in [1.82, 2.24) is 0 Å². The Morgan fingerprint density at radius 3 is 2.50 bits per heavy atom. The molecule has 0 radical (unpaired) electrons. The van der Waals surface area contributed by atoms with Crippen LogP contribution in [0.1, 0.15) is 33.6 Å². The number of hydrogen-bond donors (Lipinski definition) is 0. The van der Waals surface area contributed by atoms with Gasteiger partial charge in [-0.15, -0.1) is 0 Å². The second-order valence-electron chi connectivity index (χ2n) is 3.65. The van der Waals surface area contributed by atoms with Crippen LogP contribution in [0.25, 0.3) is 0 Å². The van der Waals surface area contributed by atoms with Crippen LogP contribution in [0.3, 0.4) is 0 Å². The van der Waals surface area contributed by atoms with Crippen molar-refractivity contribution in [2.24, 2.45) is 17.8 Å². The van der Waals surface area contributed by atoms with Gasteiger partial charge in [0.05, 0.1) is 0 Å². The molecule has 0 saturated carbocycles. The van der Waals surface area contributed by atoms with Gasteiger partial charge in [0.25, 0.3) is 0 Å². The Balaban J connectivity index is 2.53. The monoisotopic (exact) mass is 138 g/mol. The Morgan fingerprint density at radius 2 is 2.00 bits per heavy atom. The third kappa shape index (κ3) is 1.62. The first-order valence-electron chi connectivity index (χ1n) is 4.42. The third-order valence-electron chi connectivity index (χ3n) is 2.63. The average Bonchev–Trinajstić information content (AvgIpc) is 1.88. The first-order valence-corrected chi connectivity index (χ1v) is 4.42. The summed E-state index contributed by atoms with van der Waals surface area (Å²) in [6.07, 6.45) is 7.46. The molecular formula is C10H18. The van der Waals surface area contributed by atoms with Crippen LogP contribution in [0.15, 0.2) is 12.2 Å². The lowest BCUT2D eigenvalue weighted by atomic mass is 9.80. The van der Waals surface area contributed by atoms with Crippen LogP contribution >= 0.6 is 0 Å². The van der Waals surface area contributed by atoms with Crippen LogP contribution in [0.4, 0.5) is 0 Å². The zero-order chi connectivity index (χ0) is 7.56. The van der Waals surface area contributed by atoms with Gasteiger partial charge in [0.1, 0.15) is 0 Å². The summed E-state index contributed by atoms with van der Waals surface area (Å²) in [5.74, 6) is 2.58. The second-order valence-corrected chi connectivity index (χ2v) is 3.65. The lowest BCUT2D eigenvalue weighted by Gasteiger charge is -2.26. The molecule has 0 amide bonds. The molecule has 0 bridgehead atoms. The summed E-state index contributed by atoms with van der Waals surface area (Å²) in [6.45, 7) is 6.95. The van der Waals surface area contributed by atoms with Gasteiger partial charge in [-0.05, 0) is 30.6 Å². The van der Waals surface area contributed by atoms with Gasteiger partial charge >= 0.3 is 0 Å². The van der Waals surface area contributed by atoms with Gasteiger partial charge in [-0.3, -0.25) is 0 Å². The van der Waals surface area contributed by atoms with E-state index in [-0.39, 0.29) is 0 Å². The smallest absolute Gasteiger partial charge is 0.0210 e. The van der Waals surface area contributed by atoms with Crippen molar-refractivity contribution >= 4 is 0 Å². The molecule has 1 aliphatic carbocycles. The predicted octanol–water partition coefficient (Wildman–Crippen LogP) is 3.24. The van der Waals surface area contributed by atoms with Crippen molar-refractivity contribution in [2.45, 2.75) is 33.6 Å². The van der Waals surface area contributed by atoms with Crippen molar-refractivity contribution < 1.29 is 0 Å². The largest absolute Gasteiger partial charge is 0.0854 e. The summed E-state index contributed by atoms with van der Waals surface area (Å²) in [5.41, 5.74) is 0. The van der Waals surface area contributed by atoms with E-state index in [1.165, 1.54) is 12.8 Å². The van der Waals surface area contributed by atoms with Crippen LogP contribution in [-0.4, -0.2) is 0 Å². The lowest BCUT2D eigenvalue weighted by Crippen LogP contribution is -2.15. The molecule has 0 heteroatoms. The summed E-state index contributed by atoms with van der Waals surface area (Å²) >= 11 is 0. The lowest BCUT2D eigenvalue weighted by molar-refractivity contribution is 0.337.